The van der Waals surface area contributed by atoms with E-state index in [9.17, 15) is 9.59 Å². The molecule has 7 heteroatoms. The molecule has 1 aliphatic heterocycles. The maximum Gasteiger partial charge on any atom is 0.409 e. The zero-order valence-electron chi connectivity index (χ0n) is 15.4. The molecule has 0 spiro atoms. The Hall–Kier alpha value is -2.31. The lowest BCUT2D eigenvalue weighted by atomic mass is 10.1. The van der Waals surface area contributed by atoms with E-state index in [1.165, 1.54) is 12.8 Å². The molecule has 0 radical (unpaired) electrons. The molecule has 0 aromatic carbocycles. The van der Waals surface area contributed by atoms with E-state index < -0.39 is 0 Å². The van der Waals surface area contributed by atoms with Gasteiger partial charge in [-0.15, -0.1) is 0 Å². The summed E-state index contributed by atoms with van der Waals surface area (Å²) >= 11 is 0. The molecule has 1 saturated heterocycles. The SMILES string of the molecule is CCOC(=O)N1CCC(Nc2ccnc(C(=O)NC3CCCC3)c2)CC1. The quantitative estimate of drug-likeness (QED) is 0.844. The van der Waals surface area contributed by atoms with E-state index in [-0.39, 0.29) is 24.1 Å². The first kappa shape index (κ1) is 18.5. The van der Waals surface area contributed by atoms with E-state index >= 15 is 0 Å². The van der Waals surface area contributed by atoms with Crippen molar-refractivity contribution in [3.63, 3.8) is 0 Å². The van der Waals surface area contributed by atoms with E-state index in [1.807, 2.05) is 19.1 Å². The lowest BCUT2D eigenvalue weighted by Crippen LogP contribution is -2.42. The largest absolute Gasteiger partial charge is 0.450 e. The standard InChI is InChI=1S/C19H28N4O3/c1-2-26-19(25)23-11-8-15(9-12-23)21-16-7-10-20-17(13-16)18(24)22-14-5-3-4-6-14/h7,10,13-15H,2-6,8-9,11-12H2,1H3,(H,20,21)(H,22,24). The summed E-state index contributed by atoms with van der Waals surface area (Å²) in [4.78, 5) is 30.1. The number of rotatable bonds is 5. The molecule has 2 fully saturated rings. The van der Waals surface area contributed by atoms with Gasteiger partial charge in [-0.3, -0.25) is 9.78 Å². The van der Waals surface area contributed by atoms with Gasteiger partial charge in [-0.25, -0.2) is 4.79 Å². The van der Waals surface area contributed by atoms with Gasteiger partial charge in [0.2, 0.25) is 0 Å². The Morgan fingerprint density at radius 2 is 1.92 bits per heavy atom. The maximum absolute atomic E-state index is 12.4. The van der Waals surface area contributed by atoms with Crippen LogP contribution < -0.4 is 10.6 Å². The predicted octanol–water partition coefficient (Wildman–Crippen LogP) is 2.79. The van der Waals surface area contributed by atoms with Gasteiger partial charge in [-0.2, -0.15) is 0 Å². The molecule has 0 bridgehead atoms. The number of carbonyl (C=O) groups excluding carboxylic acids is 2. The summed E-state index contributed by atoms with van der Waals surface area (Å²) in [5.74, 6) is -0.0994. The Kier molecular flexibility index (Phi) is 6.30. The van der Waals surface area contributed by atoms with Crippen molar-refractivity contribution in [2.45, 2.75) is 57.5 Å². The van der Waals surface area contributed by atoms with Crippen molar-refractivity contribution in [1.29, 1.82) is 0 Å². The third-order valence-electron chi connectivity index (χ3n) is 5.07. The van der Waals surface area contributed by atoms with Crippen LogP contribution in [0, 0.1) is 0 Å². The number of hydrogen-bond acceptors (Lipinski definition) is 5. The molecule has 0 atom stereocenters. The molecule has 2 aliphatic rings. The summed E-state index contributed by atoms with van der Waals surface area (Å²) in [7, 11) is 0. The number of pyridine rings is 1. The molecule has 2 N–H and O–H groups in total. The Balaban J connectivity index is 1.51. The molecule has 0 unspecified atom stereocenters. The lowest BCUT2D eigenvalue weighted by Gasteiger charge is -2.32. The number of piperidine rings is 1. The van der Waals surface area contributed by atoms with Crippen molar-refractivity contribution in [3.05, 3.63) is 24.0 Å². The number of nitrogens with one attached hydrogen (secondary N) is 2. The van der Waals surface area contributed by atoms with Crippen LogP contribution in [0.1, 0.15) is 55.9 Å². The van der Waals surface area contributed by atoms with E-state index in [0.29, 0.717) is 25.4 Å². The van der Waals surface area contributed by atoms with Gasteiger partial charge in [0.1, 0.15) is 5.69 Å². The molecule has 2 heterocycles. The van der Waals surface area contributed by atoms with Crippen LogP contribution in [0.15, 0.2) is 18.3 Å². The van der Waals surface area contributed by atoms with Crippen LogP contribution in [0.4, 0.5) is 10.5 Å². The van der Waals surface area contributed by atoms with Crippen molar-refractivity contribution < 1.29 is 14.3 Å². The number of nitrogens with zero attached hydrogens (tertiary/aromatic N) is 2. The molecule has 1 aliphatic carbocycles. The van der Waals surface area contributed by atoms with Gasteiger partial charge in [0.15, 0.2) is 0 Å². The summed E-state index contributed by atoms with van der Waals surface area (Å²) in [6, 6.07) is 4.24. The topological polar surface area (TPSA) is 83.6 Å². The first-order chi connectivity index (χ1) is 12.7. The van der Waals surface area contributed by atoms with Gasteiger partial charge in [0.05, 0.1) is 6.61 Å². The minimum absolute atomic E-state index is 0.0994. The minimum Gasteiger partial charge on any atom is -0.450 e. The van der Waals surface area contributed by atoms with Crippen molar-refractivity contribution in [2.75, 3.05) is 25.0 Å². The molecule has 3 rings (SSSR count). The highest BCUT2D eigenvalue weighted by Gasteiger charge is 2.24. The lowest BCUT2D eigenvalue weighted by molar-refractivity contribution is 0.0931. The number of likely N-dealkylation sites (tertiary alicyclic amines) is 1. The van der Waals surface area contributed by atoms with Crippen molar-refractivity contribution in [1.82, 2.24) is 15.2 Å². The fourth-order valence-electron chi connectivity index (χ4n) is 3.63. The predicted molar refractivity (Wildman–Crippen MR) is 99.2 cm³/mol. The fourth-order valence-corrected chi connectivity index (χ4v) is 3.63. The van der Waals surface area contributed by atoms with Crippen LogP contribution in [0.2, 0.25) is 0 Å². The average Bonchev–Trinajstić information content (AvgIpc) is 3.16. The molecule has 26 heavy (non-hydrogen) atoms. The molecule has 7 nitrogen and oxygen atoms in total. The van der Waals surface area contributed by atoms with Crippen molar-refractivity contribution >= 4 is 17.7 Å². The maximum atomic E-state index is 12.4. The van der Waals surface area contributed by atoms with Crippen LogP contribution >= 0.6 is 0 Å². The van der Waals surface area contributed by atoms with Crippen LogP contribution in [0.3, 0.4) is 0 Å². The third-order valence-corrected chi connectivity index (χ3v) is 5.07. The first-order valence-corrected chi connectivity index (χ1v) is 9.61. The zero-order chi connectivity index (χ0) is 18.4. The van der Waals surface area contributed by atoms with E-state index in [1.54, 1.807) is 11.1 Å². The molecule has 1 aromatic rings. The van der Waals surface area contributed by atoms with Crippen molar-refractivity contribution in [3.8, 4) is 0 Å². The molecule has 2 amide bonds. The van der Waals surface area contributed by atoms with Gasteiger partial charge in [0, 0.05) is 37.1 Å². The van der Waals surface area contributed by atoms with Gasteiger partial charge in [-0.05, 0) is 44.7 Å². The Morgan fingerprint density at radius 1 is 1.19 bits per heavy atom. The first-order valence-electron chi connectivity index (χ1n) is 9.61. The summed E-state index contributed by atoms with van der Waals surface area (Å²) in [6.45, 7) is 3.57. The highest BCUT2D eigenvalue weighted by molar-refractivity contribution is 5.93. The Bertz CT molecular complexity index is 623. The van der Waals surface area contributed by atoms with E-state index in [2.05, 4.69) is 15.6 Å². The van der Waals surface area contributed by atoms with Crippen LogP contribution in [-0.2, 0) is 4.74 Å². The fraction of sp³-hybridized carbons (Fsp3) is 0.632. The molecular formula is C19H28N4O3. The summed E-state index contributed by atoms with van der Waals surface area (Å²) in [6.07, 6.45) is 7.62. The summed E-state index contributed by atoms with van der Waals surface area (Å²) in [5.41, 5.74) is 1.34. The van der Waals surface area contributed by atoms with Gasteiger partial charge in [-0.1, -0.05) is 12.8 Å². The van der Waals surface area contributed by atoms with E-state index in [4.69, 9.17) is 4.74 Å². The van der Waals surface area contributed by atoms with Gasteiger partial charge < -0.3 is 20.3 Å². The van der Waals surface area contributed by atoms with Gasteiger partial charge in [0.25, 0.3) is 5.91 Å². The molecule has 142 valence electrons. The van der Waals surface area contributed by atoms with Crippen LogP contribution in [-0.4, -0.2) is 53.7 Å². The number of anilines is 1. The zero-order valence-corrected chi connectivity index (χ0v) is 15.4. The number of carbonyl (C=O) groups is 2. The highest BCUT2D eigenvalue weighted by Crippen LogP contribution is 2.20. The normalized spacial score (nSPS) is 18.6. The molecular weight excluding hydrogens is 332 g/mol. The Labute approximate surface area is 154 Å². The minimum atomic E-state index is -0.235. The molecule has 1 aromatic heterocycles. The van der Waals surface area contributed by atoms with Crippen molar-refractivity contribution in [2.24, 2.45) is 0 Å². The third kappa shape index (κ3) is 4.86. The number of hydrogen-bond donors (Lipinski definition) is 2. The van der Waals surface area contributed by atoms with Gasteiger partial charge >= 0.3 is 6.09 Å². The average molecular weight is 360 g/mol. The van der Waals surface area contributed by atoms with E-state index in [0.717, 1.165) is 31.4 Å². The number of ether oxygens (including phenoxy) is 1. The summed E-state index contributed by atoms with van der Waals surface area (Å²) < 4.78 is 5.05. The Morgan fingerprint density at radius 3 is 2.62 bits per heavy atom. The number of amides is 2. The highest BCUT2D eigenvalue weighted by atomic mass is 16.6. The van der Waals surface area contributed by atoms with Crippen LogP contribution in [0.25, 0.3) is 0 Å². The second-order valence-corrected chi connectivity index (χ2v) is 6.99. The second kappa shape index (κ2) is 8.87. The number of aromatic nitrogens is 1. The van der Waals surface area contributed by atoms with Crippen LogP contribution in [0.5, 0.6) is 0 Å². The smallest absolute Gasteiger partial charge is 0.409 e. The monoisotopic (exact) mass is 360 g/mol. The summed E-state index contributed by atoms with van der Waals surface area (Å²) in [5, 5.41) is 6.53. The molecule has 1 saturated carbocycles. The second-order valence-electron chi connectivity index (χ2n) is 6.99.